The first-order valence-corrected chi connectivity index (χ1v) is 6.04. The van der Waals surface area contributed by atoms with Crippen LogP contribution in [-0.4, -0.2) is 26.2 Å². The van der Waals surface area contributed by atoms with Gasteiger partial charge in [0.25, 0.3) is 0 Å². The molecule has 2 rings (SSSR count). The maximum absolute atomic E-state index is 2.44. The topological polar surface area (TPSA) is 21.1 Å². The van der Waals surface area contributed by atoms with Crippen LogP contribution < -0.4 is 10.2 Å². The van der Waals surface area contributed by atoms with E-state index in [-0.39, 0.29) is 0 Å². The molecule has 15 heavy (non-hydrogen) atoms. The van der Waals surface area contributed by atoms with E-state index < -0.39 is 0 Å². The normalized spacial score (nSPS) is 20.1. The van der Waals surface area contributed by atoms with Crippen LogP contribution in [0.25, 0.3) is 0 Å². The molecule has 2 heteroatoms. The molecule has 1 heterocycles. The summed E-state index contributed by atoms with van der Waals surface area (Å²) >= 11 is 0. The van der Waals surface area contributed by atoms with Crippen molar-refractivity contribution in [3.05, 3.63) is 35.9 Å². The third-order valence-corrected chi connectivity index (χ3v) is 3.46. The zero-order valence-electron chi connectivity index (χ0n) is 9.58. The van der Waals surface area contributed by atoms with E-state index in [2.05, 4.69) is 42.7 Å². The van der Waals surface area contributed by atoms with Gasteiger partial charge in [0.15, 0.2) is 0 Å². The summed E-state index contributed by atoms with van der Waals surface area (Å²) in [6.07, 6.45) is 2.75. The molecule has 1 aliphatic rings. The largest absolute Gasteiger partial charge is 0.346 e. The zero-order valence-corrected chi connectivity index (χ0v) is 9.58. The third-order valence-electron chi connectivity index (χ3n) is 3.46. The molecule has 3 N–H and O–H groups in total. The highest BCUT2D eigenvalue weighted by molar-refractivity contribution is 5.13. The fourth-order valence-corrected chi connectivity index (χ4v) is 2.48. The molecule has 0 aliphatic carbocycles. The van der Waals surface area contributed by atoms with Gasteiger partial charge < -0.3 is 10.2 Å². The maximum atomic E-state index is 2.44. The molecule has 1 fully saturated rings. The van der Waals surface area contributed by atoms with E-state index in [9.17, 15) is 0 Å². The minimum absolute atomic E-state index is 0.871. The zero-order chi connectivity index (χ0) is 10.5. The predicted molar refractivity (Wildman–Crippen MR) is 61.7 cm³/mol. The van der Waals surface area contributed by atoms with E-state index in [0.717, 1.165) is 6.04 Å². The highest BCUT2D eigenvalue weighted by Crippen LogP contribution is 1.98. The van der Waals surface area contributed by atoms with Crippen LogP contribution >= 0.6 is 0 Å². The molecule has 2 nitrogen and oxygen atoms in total. The first kappa shape index (κ1) is 10.7. The van der Waals surface area contributed by atoms with Crippen LogP contribution in [0.15, 0.2) is 30.3 Å². The predicted octanol–water partition coefficient (Wildman–Crippen LogP) is -0.573. The maximum Gasteiger partial charge on any atom is 0.103 e. The van der Waals surface area contributed by atoms with Gasteiger partial charge in [0.1, 0.15) is 6.54 Å². The molecule has 0 aromatic heterocycles. The summed E-state index contributed by atoms with van der Waals surface area (Å²) in [5.41, 5.74) is 1.46. The number of piperidine rings is 1. The molecule has 1 aromatic rings. The number of hydrogen-bond acceptors (Lipinski definition) is 0. The van der Waals surface area contributed by atoms with Crippen molar-refractivity contribution in [1.29, 1.82) is 0 Å². The molecular weight excluding hydrogens is 184 g/mol. The van der Waals surface area contributed by atoms with Crippen molar-refractivity contribution in [3.8, 4) is 0 Å². The third kappa shape index (κ3) is 3.05. The molecule has 1 aromatic carbocycles. The highest BCUT2D eigenvalue weighted by atomic mass is 15.1. The minimum atomic E-state index is 0.871. The van der Waals surface area contributed by atoms with E-state index in [1.807, 2.05) is 0 Å². The van der Waals surface area contributed by atoms with Crippen LogP contribution in [0.2, 0.25) is 0 Å². The summed E-state index contributed by atoms with van der Waals surface area (Å²) < 4.78 is 0. The SMILES string of the molecule is C[NH+](Cc1ccccc1)C1CC[NH2+]CC1. The Morgan fingerprint density at radius 2 is 1.87 bits per heavy atom. The molecule has 0 amide bonds. The summed E-state index contributed by atoms with van der Waals surface area (Å²) in [4.78, 5) is 1.68. The summed E-state index contributed by atoms with van der Waals surface area (Å²) in [6, 6.07) is 11.7. The Bertz CT molecular complexity index is 278. The van der Waals surface area contributed by atoms with E-state index >= 15 is 0 Å². The highest BCUT2D eigenvalue weighted by Gasteiger charge is 2.22. The van der Waals surface area contributed by atoms with Crippen molar-refractivity contribution in [2.45, 2.75) is 25.4 Å². The number of rotatable bonds is 3. The number of nitrogens with two attached hydrogens (primary N) is 1. The van der Waals surface area contributed by atoms with Crippen molar-refractivity contribution in [1.82, 2.24) is 0 Å². The Hall–Kier alpha value is -0.860. The van der Waals surface area contributed by atoms with E-state index in [0.29, 0.717) is 0 Å². The second-order valence-electron chi connectivity index (χ2n) is 4.65. The van der Waals surface area contributed by atoms with Crippen molar-refractivity contribution in [3.63, 3.8) is 0 Å². The minimum Gasteiger partial charge on any atom is -0.346 e. The van der Waals surface area contributed by atoms with Crippen molar-refractivity contribution in [2.24, 2.45) is 0 Å². The number of hydrogen-bond donors (Lipinski definition) is 2. The molecule has 82 valence electrons. The Kier molecular flexibility index (Phi) is 3.75. The average Bonchev–Trinajstić information content (AvgIpc) is 2.31. The van der Waals surface area contributed by atoms with Gasteiger partial charge in [-0.1, -0.05) is 30.3 Å². The molecule has 1 unspecified atom stereocenters. The van der Waals surface area contributed by atoms with Crippen molar-refractivity contribution >= 4 is 0 Å². The van der Waals surface area contributed by atoms with Gasteiger partial charge in [0, 0.05) is 18.4 Å². The first-order valence-electron chi connectivity index (χ1n) is 6.04. The van der Waals surface area contributed by atoms with Gasteiger partial charge in [-0.25, -0.2) is 0 Å². The Morgan fingerprint density at radius 3 is 2.53 bits per heavy atom. The van der Waals surface area contributed by atoms with E-state index in [1.54, 1.807) is 4.90 Å². The van der Waals surface area contributed by atoms with Gasteiger partial charge >= 0.3 is 0 Å². The molecule has 0 radical (unpaired) electrons. The van der Waals surface area contributed by atoms with Crippen LogP contribution in [0.3, 0.4) is 0 Å². The second-order valence-corrected chi connectivity index (χ2v) is 4.65. The summed E-state index contributed by atoms with van der Waals surface area (Å²) in [7, 11) is 2.34. The van der Waals surface area contributed by atoms with Crippen molar-refractivity contribution < 1.29 is 10.2 Å². The monoisotopic (exact) mass is 206 g/mol. The van der Waals surface area contributed by atoms with E-state index in [4.69, 9.17) is 0 Å². The lowest BCUT2D eigenvalue weighted by molar-refractivity contribution is -0.927. The van der Waals surface area contributed by atoms with Crippen LogP contribution in [0.5, 0.6) is 0 Å². The molecule has 1 aliphatic heterocycles. The van der Waals surface area contributed by atoms with Gasteiger partial charge in [-0.3, -0.25) is 0 Å². The van der Waals surface area contributed by atoms with Gasteiger partial charge in [0.2, 0.25) is 0 Å². The Morgan fingerprint density at radius 1 is 1.20 bits per heavy atom. The lowest BCUT2D eigenvalue weighted by Crippen LogP contribution is -3.13. The van der Waals surface area contributed by atoms with Gasteiger partial charge in [0.05, 0.1) is 26.2 Å². The summed E-state index contributed by atoms with van der Waals surface area (Å²) in [5.74, 6) is 0. The molecule has 1 saturated heterocycles. The van der Waals surface area contributed by atoms with Crippen molar-refractivity contribution in [2.75, 3.05) is 20.1 Å². The van der Waals surface area contributed by atoms with Gasteiger partial charge in [-0.05, 0) is 0 Å². The standard InChI is InChI=1S/C13H20N2/c1-15(13-7-9-14-10-8-13)11-12-5-3-2-4-6-12/h2-6,13-14H,7-11H2,1H3/p+2. The quantitative estimate of drug-likeness (QED) is 0.661. The molecular formula is C13H22N2+2. The lowest BCUT2D eigenvalue weighted by atomic mass is 10.0. The van der Waals surface area contributed by atoms with E-state index in [1.165, 1.54) is 38.0 Å². The summed E-state index contributed by atoms with van der Waals surface area (Å²) in [6.45, 7) is 3.80. The number of nitrogens with one attached hydrogen (secondary N) is 1. The van der Waals surface area contributed by atoms with Crippen LogP contribution in [0.4, 0.5) is 0 Å². The molecule has 0 spiro atoms. The Balaban J connectivity index is 1.88. The van der Waals surface area contributed by atoms with Crippen LogP contribution in [0, 0.1) is 0 Å². The molecule has 0 bridgehead atoms. The molecule has 0 saturated carbocycles. The van der Waals surface area contributed by atoms with Crippen LogP contribution in [-0.2, 0) is 6.54 Å². The molecule has 1 atom stereocenters. The second kappa shape index (κ2) is 5.29. The Labute approximate surface area is 92.3 Å². The lowest BCUT2D eigenvalue weighted by Gasteiger charge is -2.27. The van der Waals surface area contributed by atoms with Gasteiger partial charge in [-0.2, -0.15) is 0 Å². The fourth-order valence-electron chi connectivity index (χ4n) is 2.48. The number of benzene rings is 1. The first-order chi connectivity index (χ1) is 7.36. The smallest absolute Gasteiger partial charge is 0.103 e. The number of quaternary nitrogens is 2. The average molecular weight is 206 g/mol. The fraction of sp³-hybridized carbons (Fsp3) is 0.538. The summed E-state index contributed by atoms with van der Waals surface area (Å²) in [5, 5.41) is 2.44. The van der Waals surface area contributed by atoms with Crippen LogP contribution in [0.1, 0.15) is 18.4 Å². The van der Waals surface area contributed by atoms with Gasteiger partial charge in [-0.15, -0.1) is 0 Å².